The van der Waals surface area contributed by atoms with Gasteiger partial charge in [-0.25, -0.2) is 0 Å². The van der Waals surface area contributed by atoms with E-state index < -0.39 is 0 Å². The molecule has 1 fully saturated rings. The summed E-state index contributed by atoms with van der Waals surface area (Å²) in [5.41, 5.74) is 39.9. The maximum absolute atomic E-state index is 6.45. The molecule has 5 aliphatic rings. The van der Waals surface area contributed by atoms with Crippen LogP contribution in [-0.4, -0.2) is 18.3 Å². The van der Waals surface area contributed by atoms with Crippen LogP contribution in [0.25, 0.3) is 77.9 Å². The van der Waals surface area contributed by atoms with Crippen LogP contribution >= 0.6 is 11.6 Å². The van der Waals surface area contributed by atoms with E-state index in [9.17, 15) is 0 Å². The molecule has 1 saturated heterocycles. The molecule has 4 nitrogen and oxygen atoms in total. The lowest BCUT2D eigenvalue weighted by Crippen LogP contribution is -2.41. The fraction of sp³-hybridized carbons (Fsp3) is 0.115. The van der Waals surface area contributed by atoms with Crippen molar-refractivity contribution in [2.24, 2.45) is 0 Å². The number of hydrogen-bond acceptors (Lipinski definition) is 4. The van der Waals surface area contributed by atoms with Gasteiger partial charge in [0.2, 0.25) is 0 Å². The zero-order valence-electron chi connectivity index (χ0n) is 73.4. The van der Waals surface area contributed by atoms with E-state index in [1.165, 1.54) is 134 Å². The van der Waals surface area contributed by atoms with E-state index in [1.54, 1.807) is 0 Å². The molecule has 2 spiro atoms. The third-order valence-corrected chi connectivity index (χ3v) is 28.4. The molecule has 0 unspecified atom stereocenters. The van der Waals surface area contributed by atoms with Gasteiger partial charge in [-0.2, -0.15) is 0 Å². The number of anilines is 6. The van der Waals surface area contributed by atoms with Crippen molar-refractivity contribution in [2.45, 2.75) is 88.3 Å². The zero-order valence-corrected chi connectivity index (χ0v) is 74.1. The standard InChI is InChI=1S/C58H43N.C34H33BO2.C30H22ClN/c1-57(2)53-21-11-13-23-55(53)58(56-24-14-12-22-54(56)57)51-20-10-9-19-49(51)50-39-45(33-38-52(50)58)44-27-25-41(26-28-44)43-31-36-48(37-32-43)59(46-17-7-4-8-18-46)47-34-29-42(30-35-47)40-15-5-3-6-16-40;1-31(2)27-15-9-11-17-29(27)34(30-18-12-10-16-28(30)31)25-14-8-7-13-23(25)24-21-22(19-20-26(24)34)35-36-32(3,4)33(5,6)37-35;31-27-17-11-24(12-18-27)26-15-21-30(22-16-26)32(28-9-5-2-6-10-28)29-19-13-25(14-20-29)23-7-3-1-4-8-23/h3-39H,1-2H3;7-21H,1-6H3;1-22H. The van der Waals surface area contributed by atoms with Crippen LogP contribution in [0.5, 0.6) is 0 Å². The van der Waals surface area contributed by atoms with Crippen molar-refractivity contribution < 1.29 is 9.31 Å². The third-order valence-electron chi connectivity index (χ3n) is 28.1. The van der Waals surface area contributed by atoms with E-state index >= 15 is 0 Å². The Labute approximate surface area is 758 Å². The second-order valence-corrected chi connectivity index (χ2v) is 37.0. The fourth-order valence-corrected chi connectivity index (χ4v) is 21.2. The molecule has 1 aliphatic heterocycles. The van der Waals surface area contributed by atoms with E-state index in [0.717, 1.165) is 55.7 Å². The topological polar surface area (TPSA) is 24.9 Å². The highest BCUT2D eigenvalue weighted by Crippen LogP contribution is 2.65. The Morgan fingerprint density at radius 1 is 0.195 bits per heavy atom. The van der Waals surface area contributed by atoms with E-state index in [0.29, 0.717) is 0 Å². The summed E-state index contributed by atoms with van der Waals surface area (Å²) in [6, 6.07) is 163. The number of nitrogens with zero attached hydrogens (tertiary/aromatic N) is 2. The number of benzene rings is 18. The van der Waals surface area contributed by atoms with Crippen LogP contribution in [0, 0.1) is 0 Å². The van der Waals surface area contributed by atoms with Gasteiger partial charge < -0.3 is 19.1 Å². The predicted octanol–water partition coefficient (Wildman–Crippen LogP) is 31.3. The first-order chi connectivity index (χ1) is 62.4. The third kappa shape index (κ3) is 13.7. The van der Waals surface area contributed by atoms with E-state index in [4.69, 9.17) is 20.9 Å². The molecule has 4 aliphatic carbocycles. The molecule has 23 rings (SSSR count). The number of hydrogen-bond donors (Lipinski definition) is 0. The summed E-state index contributed by atoms with van der Waals surface area (Å²) in [4.78, 5) is 4.60. The smallest absolute Gasteiger partial charge is 0.399 e. The van der Waals surface area contributed by atoms with Crippen LogP contribution in [0.4, 0.5) is 34.1 Å². The first-order valence-electron chi connectivity index (χ1n) is 44.7. The molecule has 1 heterocycles. The van der Waals surface area contributed by atoms with Crippen LogP contribution < -0.4 is 15.3 Å². The summed E-state index contributed by atoms with van der Waals surface area (Å²) in [6.07, 6.45) is 0. The molecule has 618 valence electrons. The molecule has 0 saturated carbocycles. The van der Waals surface area contributed by atoms with Gasteiger partial charge in [0.05, 0.1) is 22.0 Å². The minimum atomic E-state index is -0.385. The summed E-state index contributed by atoms with van der Waals surface area (Å²) in [7, 11) is -0.385. The van der Waals surface area contributed by atoms with E-state index in [-0.39, 0.29) is 40.0 Å². The van der Waals surface area contributed by atoms with Gasteiger partial charge >= 0.3 is 7.12 Å². The highest BCUT2D eigenvalue weighted by Gasteiger charge is 2.57. The second kappa shape index (κ2) is 32.4. The van der Waals surface area contributed by atoms with Crippen LogP contribution in [-0.2, 0) is 31.0 Å². The molecular weight excluding hydrogens is 1570 g/mol. The zero-order chi connectivity index (χ0) is 87.1. The molecular formula is C122H98BClN2O2. The number of halogens is 1. The average Bonchev–Trinajstić information content (AvgIpc) is 1.48. The van der Waals surface area contributed by atoms with E-state index in [1.807, 2.05) is 24.3 Å². The van der Waals surface area contributed by atoms with Gasteiger partial charge in [-0.1, -0.05) is 397 Å². The van der Waals surface area contributed by atoms with Gasteiger partial charge in [0.25, 0.3) is 0 Å². The first kappa shape index (κ1) is 80.9. The minimum absolute atomic E-state index is 0.0846. The van der Waals surface area contributed by atoms with Crippen LogP contribution in [0.3, 0.4) is 0 Å². The van der Waals surface area contributed by atoms with Crippen molar-refractivity contribution in [1.82, 2.24) is 0 Å². The van der Waals surface area contributed by atoms with Crippen LogP contribution in [0.1, 0.15) is 122 Å². The number of fused-ring (bicyclic) bond motifs is 18. The fourth-order valence-electron chi connectivity index (χ4n) is 21.1. The Hall–Kier alpha value is -14.2. The molecule has 0 radical (unpaired) electrons. The average molecular weight is 1670 g/mol. The Morgan fingerprint density at radius 2 is 0.422 bits per heavy atom. The Balaban J connectivity index is 0.000000124. The molecule has 0 amide bonds. The Morgan fingerprint density at radius 3 is 0.758 bits per heavy atom. The van der Waals surface area contributed by atoms with Gasteiger partial charge in [0, 0.05) is 50.0 Å². The molecule has 0 atom stereocenters. The van der Waals surface area contributed by atoms with Gasteiger partial charge in [0.15, 0.2) is 0 Å². The van der Waals surface area contributed by atoms with Gasteiger partial charge in [-0.3, -0.25) is 0 Å². The Kier molecular flexibility index (Phi) is 20.5. The van der Waals surface area contributed by atoms with Gasteiger partial charge in [-0.05, 0) is 269 Å². The SMILES string of the molecule is CC1(C)c2ccccc2C2(c3ccccc3-c3cc(-c4ccc(-c5ccc(N(c6ccccc6)c6ccc(-c7ccccc7)cc6)cc5)cc4)ccc32)c2ccccc21.CC1(C)c2ccccc2C2(c3ccccc3-c3cc(B4OC(C)(C)C(C)(C)O4)ccc32)c2ccccc21.Clc1ccc(-c2ccc(N(c3ccccc3)c3ccc(-c4ccccc4)cc3)cc2)cc1. The van der Waals surface area contributed by atoms with Crippen molar-refractivity contribution in [3.63, 3.8) is 0 Å². The molecule has 18 aromatic carbocycles. The number of rotatable bonds is 12. The molecule has 0 bridgehead atoms. The summed E-state index contributed by atoms with van der Waals surface area (Å²) in [5, 5.41) is 0.750. The van der Waals surface area contributed by atoms with Crippen molar-refractivity contribution in [3.05, 3.63) is 521 Å². The molecule has 128 heavy (non-hydrogen) atoms. The molecule has 6 heteroatoms. The summed E-state index contributed by atoms with van der Waals surface area (Å²) in [6.45, 7) is 17.9. The summed E-state index contributed by atoms with van der Waals surface area (Å²) >= 11 is 6.05. The van der Waals surface area contributed by atoms with Crippen LogP contribution in [0.2, 0.25) is 5.02 Å². The molecule has 0 N–H and O–H groups in total. The van der Waals surface area contributed by atoms with Crippen molar-refractivity contribution in [2.75, 3.05) is 9.80 Å². The summed E-state index contributed by atoms with van der Waals surface area (Å²) in [5.74, 6) is 0. The first-order valence-corrected chi connectivity index (χ1v) is 45.1. The highest BCUT2D eigenvalue weighted by molar-refractivity contribution is 6.62. The molecule has 0 aromatic heterocycles. The van der Waals surface area contributed by atoms with Crippen molar-refractivity contribution in [1.29, 1.82) is 0 Å². The lowest BCUT2D eigenvalue weighted by atomic mass is 9.55. The van der Waals surface area contributed by atoms with Crippen molar-refractivity contribution >= 4 is 58.3 Å². The number of para-hydroxylation sites is 2. The summed E-state index contributed by atoms with van der Waals surface area (Å²) < 4.78 is 12.9. The van der Waals surface area contributed by atoms with Crippen LogP contribution in [0.15, 0.2) is 449 Å². The van der Waals surface area contributed by atoms with Gasteiger partial charge in [0.1, 0.15) is 0 Å². The Bertz CT molecular complexity index is 7040. The lowest BCUT2D eigenvalue weighted by Gasteiger charge is -2.46. The quantitative estimate of drug-likeness (QED) is 0.114. The van der Waals surface area contributed by atoms with Gasteiger partial charge in [-0.15, -0.1) is 0 Å². The second-order valence-electron chi connectivity index (χ2n) is 36.5. The molecule has 18 aromatic rings. The lowest BCUT2D eigenvalue weighted by molar-refractivity contribution is 0.00578. The minimum Gasteiger partial charge on any atom is -0.399 e. The monoisotopic (exact) mass is 1670 g/mol. The van der Waals surface area contributed by atoms with Crippen molar-refractivity contribution in [3.8, 4) is 77.9 Å². The van der Waals surface area contributed by atoms with E-state index in [2.05, 4.69) is 490 Å². The normalized spacial score (nSPS) is 15.1. The predicted molar refractivity (Wildman–Crippen MR) is 535 cm³/mol. The maximum atomic E-state index is 6.45. The largest absolute Gasteiger partial charge is 0.494 e. The highest BCUT2D eigenvalue weighted by atomic mass is 35.5. The maximum Gasteiger partial charge on any atom is 0.494 e.